The first-order chi connectivity index (χ1) is 10.8. The number of amides is 2. The first-order valence-electron chi connectivity index (χ1n) is 8.00. The molecular formula is C14H24N6O2. The Morgan fingerprint density at radius 1 is 1.27 bits per heavy atom. The molecule has 0 aromatic carbocycles. The van der Waals surface area contributed by atoms with Gasteiger partial charge in [-0.05, 0) is 12.8 Å². The van der Waals surface area contributed by atoms with Crippen molar-refractivity contribution in [1.29, 1.82) is 0 Å². The summed E-state index contributed by atoms with van der Waals surface area (Å²) in [7, 11) is 0. The molecule has 2 amide bonds. The van der Waals surface area contributed by atoms with E-state index >= 15 is 0 Å². The van der Waals surface area contributed by atoms with Gasteiger partial charge in [0.25, 0.3) is 0 Å². The van der Waals surface area contributed by atoms with Crippen LogP contribution in [-0.4, -0.2) is 82.6 Å². The molecule has 2 aliphatic heterocycles. The molecule has 8 nitrogen and oxygen atoms in total. The number of ether oxygens (including phenoxy) is 1. The molecule has 8 heteroatoms. The van der Waals surface area contributed by atoms with E-state index in [1.807, 2.05) is 9.58 Å². The largest absolute Gasteiger partial charge is 0.376 e. The van der Waals surface area contributed by atoms with Gasteiger partial charge in [0.15, 0.2) is 0 Å². The van der Waals surface area contributed by atoms with E-state index in [-0.39, 0.29) is 12.1 Å². The van der Waals surface area contributed by atoms with Crippen LogP contribution in [0.3, 0.4) is 0 Å². The monoisotopic (exact) mass is 308 g/mol. The number of urea groups is 1. The van der Waals surface area contributed by atoms with Gasteiger partial charge < -0.3 is 15.0 Å². The van der Waals surface area contributed by atoms with Crippen molar-refractivity contribution in [3.05, 3.63) is 12.7 Å². The minimum atomic E-state index is 0.0337. The minimum Gasteiger partial charge on any atom is -0.376 e. The summed E-state index contributed by atoms with van der Waals surface area (Å²) in [5, 5.41) is 7.08. The average molecular weight is 308 g/mol. The third-order valence-corrected chi connectivity index (χ3v) is 4.28. The zero-order valence-electron chi connectivity index (χ0n) is 12.9. The lowest BCUT2D eigenvalue weighted by atomic mass is 10.2. The summed E-state index contributed by atoms with van der Waals surface area (Å²) < 4.78 is 7.35. The number of hydrogen-bond donors (Lipinski definition) is 1. The Labute approximate surface area is 130 Å². The lowest BCUT2D eigenvalue weighted by Crippen LogP contribution is -2.53. The van der Waals surface area contributed by atoms with Gasteiger partial charge in [-0.3, -0.25) is 9.58 Å². The van der Waals surface area contributed by atoms with Crippen LogP contribution in [0.5, 0.6) is 0 Å². The number of rotatable bonds is 5. The van der Waals surface area contributed by atoms with Crippen molar-refractivity contribution in [3.63, 3.8) is 0 Å². The topological polar surface area (TPSA) is 75.5 Å². The zero-order chi connectivity index (χ0) is 15.2. The van der Waals surface area contributed by atoms with Crippen molar-refractivity contribution in [2.75, 3.05) is 45.9 Å². The Morgan fingerprint density at radius 3 is 2.82 bits per heavy atom. The molecule has 0 saturated carbocycles. The molecule has 2 aliphatic rings. The third-order valence-electron chi connectivity index (χ3n) is 4.28. The first-order valence-corrected chi connectivity index (χ1v) is 8.00. The lowest BCUT2D eigenvalue weighted by Gasteiger charge is -2.34. The number of carbonyl (C=O) groups excluding carboxylic acids is 1. The maximum atomic E-state index is 12.1. The van der Waals surface area contributed by atoms with E-state index < -0.39 is 0 Å². The van der Waals surface area contributed by atoms with Crippen molar-refractivity contribution >= 4 is 6.03 Å². The number of hydrogen-bond acceptors (Lipinski definition) is 5. The lowest BCUT2D eigenvalue weighted by molar-refractivity contribution is 0.104. The summed E-state index contributed by atoms with van der Waals surface area (Å²) in [6.45, 7) is 6.59. The highest BCUT2D eigenvalue weighted by Gasteiger charge is 2.22. The van der Waals surface area contributed by atoms with Crippen LogP contribution in [0, 0.1) is 0 Å². The van der Waals surface area contributed by atoms with Crippen LogP contribution in [0.1, 0.15) is 12.8 Å². The quantitative estimate of drug-likeness (QED) is 0.814. The Kier molecular flexibility index (Phi) is 5.23. The Hall–Kier alpha value is -1.67. The summed E-state index contributed by atoms with van der Waals surface area (Å²) in [4.78, 5) is 20.3. The number of aromatic nitrogens is 3. The van der Waals surface area contributed by atoms with E-state index in [4.69, 9.17) is 4.74 Å². The van der Waals surface area contributed by atoms with Gasteiger partial charge in [0.1, 0.15) is 12.7 Å². The van der Waals surface area contributed by atoms with Gasteiger partial charge in [-0.25, -0.2) is 9.78 Å². The van der Waals surface area contributed by atoms with Crippen LogP contribution in [0.4, 0.5) is 4.79 Å². The Morgan fingerprint density at radius 2 is 2.14 bits per heavy atom. The molecule has 1 N–H and O–H groups in total. The average Bonchev–Trinajstić information content (AvgIpc) is 3.24. The van der Waals surface area contributed by atoms with Gasteiger partial charge in [-0.15, -0.1) is 0 Å². The second-order valence-corrected chi connectivity index (χ2v) is 5.81. The smallest absolute Gasteiger partial charge is 0.317 e. The zero-order valence-corrected chi connectivity index (χ0v) is 12.9. The highest BCUT2D eigenvalue weighted by atomic mass is 16.5. The molecule has 0 radical (unpaired) electrons. The Balaban J connectivity index is 1.33. The second-order valence-electron chi connectivity index (χ2n) is 5.81. The maximum absolute atomic E-state index is 12.1. The summed E-state index contributed by atoms with van der Waals surface area (Å²) in [5.41, 5.74) is 0. The van der Waals surface area contributed by atoms with E-state index in [9.17, 15) is 4.79 Å². The van der Waals surface area contributed by atoms with Gasteiger partial charge in [0, 0.05) is 45.9 Å². The first kappa shape index (κ1) is 15.2. The van der Waals surface area contributed by atoms with Gasteiger partial charge in [-0.2, -0.15) is 5.10 Å². The fraction of sp³-hybridized carbons (Fsp3) is 0.786. The van der Waals surface area contributed by atoms with Crippen molar-refractivity contribution < 1.29 is 9.53 Å². The molecule has 22 heavy (non-hydrogen) atoms. The second kappa shape index (κ2) is 7.55. The molecule has 2 saturated heterocycles. The molecule has 3 heterocycles. The SMILES string of the molecule is O=C(NCC1CCCO1)N1CCN(CCn2cncn2)CC1. The van der Waals surface area contributed by atoms with Crippen molar-refractivity contribution in [1.82, 2.24) is 29.9 Å². The standard InChI is InChI=1S/C14H24N6O2/c21-14(16-10-13-2-1-9-22-13)19-6-3-18(4-7-19)5-8-20-12-15-11-17-20/h11-13H,1-10H2,(H,16,21). The van der Waals surface area contributed by atoms with Gasteiger partial charge in [0.2, 0.25) is 0 Å². The van der Waals surface area contributed by atoms with Gasteiger partial charge >= 0.3 is 6.03 Å². The number of carbonyl (C=O) groups is 1. The fourth-order valence-electron chi connectivity index (χ4n) is 2.88. The molecule has 3 rings (SSSR count). The minimum absolute atomic E-state index is 0.0337. The molecular weight excluding hydrogens is 284 g/mol. The molecule has 1 unspecified atom stereocenters. The van der Waals surface area contributed by atoms with Crippen LogP contribution in [0.15, 0.2) is 12.7 Å². The third kappa shape index (κ3) is 4.17. The Bertz CT molecular complexity index is 452. The van der Waals surface area contributed by atoms with Crippen LogP contribution in [-0.2, 0) is 11.3 Å². The summed E-state index contributed by atoms with van der Waals surface area (Å²) in [6, 6.07) is 0.0337. The molecule has 1 aromatic heterocycles. The summed E-state index contributed by atoms with van der Waals surface area (Å²) in [5.74, 6) is 0. The van der Waals surface area contributed by atoms with E-state index in [1.165, 1.54) is 0 Å². The van der Waals surface area contributed by atoms with Gasteiger partial charge in [-0.1, -0.05) is 0 Å². The van der Waals surface area contributed by atoms with Crippen LogP contribution < -0.4 is 5.32 Å². The number of nitrogens with zero attached hydrogens (tertiary/aromatic N) is 5. The predicted molar refractivity (Wildman–Crippen MR) is 80.4 cm³/mol. The number of nitrogens with one attached hydrogen (secondary N) is 1. The summed E-state index contributed by atoms with van der Waals surface area (Å²) >= 11 is 0. The van der Waals surface area contributed by atoms with E-state index in [0.717, 1.165) is 58.7 Å². The molecule has 1 aromatic rings. The molecule has 1 atom stereocenters. The van der Waals surface area contributed by atoms with Gasteiger partial charge in [0.05, 0.1) is 12.6 Å². The summed E-state index contributed by atoms with van der Waals surface area (Å²) in [6.07, 6.45) is 5.64. The highest BCUT2D eigenvalue weighted by Crippen LogP contribution is 2.11. The van der Waals surface area contributed by atoms with Crippen LogP contribution in [0.25, 0.3) is 0 Å². The normalized spacial score (nSPS) is 22.9. The predicted octanol–water partition coefficient (Wildman–Crippen LogP) is -0.216. The number of piperazine rings is 1. The van der Waals surface area contributed by atoms with E-state index in [0.29, 0.717) is 6.54 Å². The maximum Gasteiger partial charge on any atom is 0.317 e. The molecule has 122 valence electrons. The highest BCUT2D eigenvalue weighted by molar-refractivity contribution is 5.74. The molecule has 2 fully saturated rings. The van der Waals surface area contributed by atoms with Crippen molar-refractivity contribution in [3.8, 4) is 0 Å². The van der Waals surface area contributed by atoms with E-state index in [1.54, 1.807) is 12.7 Å². The van der Waals surface area contributed by atoms with Crippen molar-refractivity contribution in [2.24, 2.45) is 0 Å². The van der Waals surface area contributed by atoms with Crippen LogP contribution in [0.2, 0.25) is 0 Å². The molecule has 0 spiro atoms. The van der Waals surface area contributed by atoms with Crippen molar-refractivity contribution in [2.45, 2.75) is 25.5 Å². The fourth-order valence-corrected chi connectivity index (χ4v) is 2.88. The molecule has 0 aliphatic carbocycles. The van der Waals surface area contributed by atoms with Crippen LogP contribution >= 0.6 is 0 Å². The molecule has 0 bridgehead atoms. The van der Waals surface area contributed by atoms with E-state index in [2.05, 4.69) is 20.3 Å².